The van der Waals surface area contributed by atoms with Crippen LogP contribution in [0.3, 0.4) is 0 Å². The third-order valence-electron chi connectivity index (χ3n) is 3.55. The highest BCUT2D eigenvalue weighted by Crippen LogP contribution is 2.27. The maximum absolute atomic E-state index is 11.3. The highest BCUT2D eigenvalue weighted by molar-refractivity contribution is 5.78. The van der Waals surface area contributed by atoms with Gasteiger partial charge in [-0.1, -0.05) is 6.92 Å². The van der Waals surface area contributed by atoms with E-state index in [0.717, 1.165) is 42.9 Å². The standard InChI is InChI=1S/C13H19N3O2/c1-3-10-9(2)14-8-15-12(10)16-7-5-4-6-11(16)13(17)18/h8,11H,3-7H2,1-2H3,(H,17,18). The number of aliphatic carboxylic acids is 1. The van der Waals surface area contributed by atoms with Crippen LogP contribution in [0, 0.1) is 6.92 Å². The molecule has 0 saturated carbocycles. The van der Waals surface area contributed by atoms with E-state index in [1.54, 1.807) is 0 Å². The normalized spacial score (nSPS) is 19.9. The summed E-state index contributed by atoms with van der Waals surface area (Å²) in [5.41, 5.74) is 2.00. The molecule has 1 atom stereocenters. The van der Waals surface area contributed by atoms with Gasteiger partial charge in [-0.25, -0.2) is 14.8 Å². The van der Waals surface area contributed by atoms with Crippen LogP contribution in [-0.4, -0.2) is 33.6 Å². The van der Waals surface area contributed by atoms with Gasteiger partial charge in [0.1, 0.15) is 18.2 Å². The van der Waals surface area contributed by atoms with Gasteiger partial charge in [-0.3, -0.25) is 0 Å². The van der Waals surface area contributed by atoms with E-state index in [2.05, 4.69) is 16.9 Å². The van der Waals surface area contributed by atoms with Gasteiger partial charge in [-0.2, -0.15) is 0 Å². The Hall–Kier alpha value is -1.65. The first-order valence-corrected chi connectivity index (χ1v) is 6.45. The molecule has 5 heteroatoms. The first-order chi connectivity index (χ1) is 8.65. The second kappa shape index (κ2) is 5.33. The van der Waals surface area contributed by atoms with Crippen LogP contribution in [0.2, 0.25) is 0 Å². The van der Waals surface area contributed by atoms with Gasteiger partial charge in [0.15, 0.2) is 0 Å². The van der Waals surface area contributed by atoms with Crippen molar-refractivity contribution in [2.75, 3.05) is 11.4 Å². The van der Waals surface area contributed by atoms with Crippen LogP contribution in [0.15, 0.2) is 6.33 Å². The molecule has 2 heterocycles. The summed E-state index contributed by atoms with van der Waals surface area (Å²) in [6, 6.07) is -0.446. The molecule has 1 saturated heterocycles. The summed E-state index contributed by atoms with van der Waals surface area (Å²) in [6.45, 7) is 4.76. The molecule has 18 heavy (non-hydrogen) atoms. The second-order valence-corrected chi connectivity index (χ2v) is 4.66. The minimum atomic E-state index is -0.756. The number of hydrogen-bond donors (Lipinski definition) is 1. The lowest BCUT2D eigenvalue weighted by Crippen LogP contribution is -2.45. The van der Waals surface area contributed by atoms with Gasteiger partial charge in [0.2, 0.25) is 0 Å². The summed E-state index contributed by atoms with van der Waals surface area (Å²) in [4.78, 5) is 21.8. The lowest BCUT2D eigenvalue weighted by atomic mass is 10.0. The molecule has 1 aromatic heterocycles. The molecule has 1 aliphatic rings. The Bertz CT molecular complexity index is 448. The zero-order valence-electron chi connectivity index (χ0n) is 10.9. The number of hydrogen-bond acceptors (Lipinski definition) is 4. The predicted octanol–water partition coefficient (Wildman–Crippen LogP) is 1.79. The van der Waals surface area contributed by atoms with E-state index in [1.165, 1.54) is 6.33 Å². The Morgan fingerprint density at radius 1 is 1.50 bits per heavy atom. The molecule has 0 aromatic carbocycles. The van der Waals surface area contributed by atoms with Crippen LogP contribution in [0.25, 0.3) is 0 Å². The van der Waals surface area contributed by atoms with Crippen molar-refractivity contribution < 1.29 is 9.90 Å². The zero-order chi connectivity index (χ0) is 13.1. The van der Waals surface area contributed by atoms with Crippen molar-refractivity contribution in [1.29, 1.82) is 0 Å². The molecule has 1 fully saturated rings. The Labute approximate surface area is 107 Å². The summed E-state index contributed by atoms with van der Waals surface area (Å²) in [7, 11) is 0. The Kier molecular flexibility index (Phi) is 3.79. The largest absolute Gasteiger partial charge is 0.480 e. The van der Waals surface area contributed by atoms with E-state index in [1.807, 2.05) is 11.8 Å². The monoisotopic (exact) mass is 249 g/mol. The lowest BCUT2D eigenvalue weighted by Gasteiger charge is -2.35. The van der Waals surface area contributed by atoms with Gasteiger partial charge in [0.05, 0.1) is 0 Å². The minimum absolute atomic E-state index is 0.446. The van der Waals surface area contributed by atoms with Crippen molar-refractivity contribution in [2.45, 2.75) is 45.6 Å². The summed E-state index contributed by atoms with van der Waals surface area (Å²) in [5.74, 6) is 0.0464. The zero-order valence-corrected chi connectivity index (χ0v) is 10.9. The van der Waals surface area contributed by atoms with Crippen molar-refractivity contribution >= 4 is 11.8 Å². The highest BCUT2D eigenvalue weighted by Gasteiger charge is 2.30. The van der Waals surface area contributed by atoms with Crippen molar-refractivity contribution in [1.82, 2.24) is 9.97 Å². The molecule has 0 radical (unpaired) electrons. The van der Waals surface area contributed by atoms with Crippen molar-refractivity contribution in [3.8, 4) is 0 Å². The van der Waals surface area contributed by atoms with Crippen LogP contribution >= 0.6 is 0 Å². The SMILES string of the molecule is CCc1c(C)ncnc1N1CCCCC1C(=O)O. The summed E-state index contributed by atoms with van der Waals surface area (Å²) >= 11 is 0. The van der Waals surface area contributed by atoms with Gasteiger partial charge in [0, 0.05) is 17.8 Å². The van der Waals surface area contributed by atoms with E-state index in [0.29, 0.717) is 6.42 Å². The smallest absolute Gasteiger partial charge is 0.326 e. The molecule has 5 nitrogen and oxygen atoms in total. The molecule has 0 bridgehead atoms. The van der Waals surface area contributed by atoms with E-state index < -0.39 is 12.0 Å². The Morgan fingerprint density at radius 3 is 2.94 bits per heavy atom. The molecular formula is C13H19N3O2. The number of carbonyl (C=O) groups is 1. The minimum Gasteiger partial charge on any atom is -0.480 e. The maximum atomic E-state index is 11.3. The van der Waals surface area contributed by atoms with E-state index in [-0.39, 0.29) is 0 Å². The topological polar surface area (TPSA) is 66.3 Å². The number of carboxylic acid groups (broad SMARTS) is 1. The fraction of sp³-hybridized carbons (Fsp3) is 0.615. The number of aryl methyl sites for hydroxylation is 1. The number of carboxylic acids is 1. The van der Waals surface area contributed by atoms with Gasteiger partial charge < -0.3 is 10.0 Å². The molecule has 1 unspecified atom stereocenters. The average Bonchev–Trinajstić information content (AvgIpc) is 2.38. The van der Waals surface area contributed by atoms with Crippen LogP contribution in [0.4, 0.5) is 5.82 Å². The maximum Gasteiger partial charge on any atom is 0.326 e. The van der Waals surface area contributed by atoms with Gasteiger partial charge in [-0.05, 0) is 32.6 Å². The predicted molar refractivity (Wildman–Crippen MR) is 68.8 cm³/mol. The average molecular weight is 249 g/mol. The second-order valence-electron chi connectivity index (χ2n) is 4.66. The van der Waals surface area contributed by atoms with Crippen LogP contribution < -0.4 is 4.90 Å². The third kappa shape index (κ3) is 2.30. The van der Waals surface area contributed by atoms with Crippen LogP contribution in [0.1, 0.15) is 37.4 Å². The quantitative estimate of drug-likeness (QED) is 0.884. The van der Waals surface area contributed by atoms with Crippen molar-refractivity contribution in [3.05, 3.63) is 17.6 Å². The number of rotatable bonds is 3. The van der Waals surface area contributed by atoms with E-state index in [4.69, 9.17) is 0 Å². The van der Waals surface area contributed by atoms with E-state index >= 15 is 0 Å². The van der Waals surface area contributed by atoms with E-state index in [9.17, 15) is 9.90 Å². The molecule has 0 amide bonds. The molecule has 1 N–H and O–H groups in total. The Morgan fingerprint density at radius 2 is 2.28 bits per heavy atom. The summed E-state index contributed by atoms with van der Waals surface area (Å²) in [5, 5.41) is 9.32. The highest BCUT2D eigenvalue weighted by atomic mass is 16.4. The van der Waals surface area contributed by atoms with Gasteiger partial charge in [-0.15, -0.1) is 0 Å². The molecule has 98 valence electrons. The fourth-order valence-corrected chi connectivity index (χ4v) is 2.59. The van der Waals surface area contributed by atoms with Gasteiger partial charge >= 0.3 is 5.97 Å². The van der Waals surface area contributed by atoms with Crippen molar-refractivity contribution in [2.24, 2.45) is 0 Å². The molecule has 0 aliphatic carbocycles. The molecule has 1 aliphatic heterocycles. The summed E-state index contributed by atoms with van der Waals surface area (Å²) < 4.78 is 0. The summed E-state index contributed by atoms with van der Waals surface area (Å²) in [6.07, 6.45) is 5.04. The first kappa shape index (κ1) is 12.8. The van der Waals surface area contributed by atoms with Crippen molar-refractivity contribution in [3.63, 3.8) is 0 Å². The number of piperidine rings is 1. The number of aromatic nitrogens is 2. The fourth-order valence-electron chi connectivity index (χ4n) is 2.59. The molecule has 1 aromatic rings. The van der Waals surface area contributed by atoms with Crippen LogP contribution in [-0.2, 0) is 11.2 Å². The van der Waals surface area contributed by atoms with Gasteiger partial charge in [0.25, 0.3) is 0 Å². The molecular weight excluding hydrogens is 230 g/mol. The molecule has 2 rings (SSSR count). The van der Waals surface area contributed by atoms with Crippen LogP contribution in [0.5, 0.6) is 0 Å². The third-order valence-corrected chi connectivity index (χ3v) is 3.55. The Balaban J connectivity index is 2.39. The lowest BCUT2D eigenvalue weighted by molar-refractivity contribution is -0.139. The first-order valence-electron chi connectivity index (χ1n) is 6.45. The molecule has 0 spiro atoms. The number of nitrogens with zero attached hydrogens (tertiary/aromatic N) is 3. The number of anilines is 1.